The molecule has 1 saturated heterocycles. The zero-order valence-electron chi connectivity index (χ0n) is 36.6. The van der Waals surface area contributed by atoms with Gasteiger partial charge in [-0.05, 0) is 12.8 Å². The van der Waals surface area contributed by atoms with Crippen molar-refractivity contribution in [3.05, 3.63) is 0 Å². The molecule has 0 bridgehead atoms. The second kappa shape index (κ2) is 36.9. The third-order valence-corrected chi connectivity index (χ3v) is 11.9. The predicted molar refractivity (Wildman–Crippen MR) is 229 cm³/mol. The maximum atomic E-state index is 13.1. The van der Waals surface area contributed by atoms with E-state index >= 15 is 0 Å². The first-order chi connectivity index (χ1) is 27.7. The fourth-order valence-electron chi connectivity index (χ4n) is 7.91. The van der Waals surface area contributed by atoms with Gasteiger partial charge in [0, 0.05) is 0 Å². The molecule has 0 unspecified atom stereocenters. The molecule has 340 valence electrons. The molecule has 0 saturated carbocycles. The van der Waals surface area contributed by atoms with E-state index in [0.29, 0.717) is 19.3 Å². The molecule has 0 aromatic heterocycles. The smallest absolute Gasteiger partial charge is 0.249 e. The van der Waals surface area contributed by atoms with Crippen LogP contribution in [-0.2, 0) is 14.3 Å². The fraction of sp³-hybridized carbons (Fsp3) is 0.978. The first kappa shape index (κ1) is 54.1. The molecule has 1 amide bonds. The first-order valence-electron chi connectivity index (χ1n) is 23.9. The van der Waals surface area contributed by atoms with Crippen LogP contribution in [0.2, 0.25) is 0 Å². The summed E-state index contributed by atoms with van der Waals surface area (Å²) in [4.78, 5) is 13.1. The normalized spacial score (nSPS) is 22.0. The zero-order valence-corrected chi connectivity index (χ0v) is 36.6. The number of aliphatic hydroxyl groups excluding tert-OH is 7. The summed E-state index contributed by atoms with van der Waals surface area (Å²) in [5.74, 6) is -0.694. The van der Waals surface area contributed by atoms with Gasteiger partial charge in [-0.3, -0.25) is 4.79 Å². The zero-order chi connectivity index (χ0) is 41.9. The molecule has 8 N–H and O–H groups in total. The van der Waals surface area contributed by atoms with Gasteiger partial charge in [0.2, 0.25) is 5.91 Å². The van der Waals surface area contributed by atoms with E-state index in [9.17, 15) is 40.5 Å². The van der Waals surface area contributed by atoms with E-state index in [4.69, 9.17) is 9.47 Å². The SMILES string of the molecule is CCCCCCCCCCCCCCCCCCCC[C@@H](O)C(=O)N[C@@H](CO[C@@H]1O[C@H](CO)[C@H](O)[C@H](O)[C@H]1O)[C@H](O)[C@H](O)CCCCCCCCCCCCCC. The largest absolute Gasteiger partial charge is 0.394 e. The Bertz CT molecular complexity index is 897. The van der Waals surface area contributed by atoms with Crippen molar-refractivity contribution in [1.82, 2.24) is 5.32 Å². The molecule has 0 aromatic rings. The number of amides is 1. The van der Waals surface area contributed by atoms with E-state index in [-0.39, 0.29) is 6.42 Å². The Labute approximate surface area is 348 Å². The van der Waals surface area contributed by atoms with Crippen molar-refractivity contribution < 1.29 is 50.0 Å². The minimum atomic E-state index is -1.66. The summed E-state index contributed by atoms with van der Waals surface area (Å²) in [6.07, 6.45) is 25.8. The molecule has 0 spiro atoms. The van der Waals surface area contributed by atoms with Crippen LogP contribution in [0.1, 0.15) is 219 Å². The molecule has 1 fully saturated rings. The number of nitrogens with one attached hydrogen (secondary N) is 1. The molecule has 1 rings (SSSR count). The maximum Gasteiger partial charge on any atom is 0.249 e. The Morgan fingerprint density at radius 2 is 0.912 bits per heavy atom. The lowest BCUT2D eigenvalue weighted by Crippen LogP contribution is -2.60. The Kier molecular flexibility index (Phi) is 35.1. The number of hydrogen-bond acceptors (Lipinski definition) is 10. The maximum absolute atomic E-state index is 13.1. The second-order valence-electron chi connectivity index (χ2n) is 17.2. The molecular formula is C46H91NO10. The highest BCUT2D eigenvalue weighted by Crippen LogP contribution is 2.23. The third kappa shape index (κ3) is 26.8. The van der Waals surface area contributed by atoms with Gasteiger partial charge in [-0.15, -0.1) is 0 Å². The van der Waals surface area contributed by atoms with Gasteiger partial charge < -0.3 is 50.5 Å². The Morgan fingerprint density at radius 3 is 1.30 bits per heavy atom. The van der Waals surface area contributed by atoms with Crippen molar-refractivity contribution in [2.24, 2.45) is 0 Å². The van der Waals surface area contributed by atoms with Gasteiger partial charge >= 0.3 is 0 Å². The topological polar surface area (TPSA) is 189 Å². The molecule has 0 radical (unpaired) electrons. The van der Waals surface area contributed by atoms with Crippen LogP contribution >= 0.6 is 0 Å². The van der Waals surface area contributed by atoms with Crippen molar-refractivity contribution in [3.8, 4) is 0 Å². The molecule has 1 aliphatic heterocycles. The average Bonchev–Trinajstić information content (AvgIpc) is 3.21. The van der Waals surface area contributed by atoms with Crippen LogP contribution < -0.4 is 5.32 Å². The van der Waals surface area contributed by atoms with E-state index in [1.54, 1.807) is 0 Å². The summed E-state index contributed by atoms with van der Waals surface area (Å²) in [5.41, 5.74) is 0. The molecule has 1 aliphatic rings. The first-order valence-corrected chi connectivity index (χ1v) is 23.9. The highest BCUT2D eigenvalue weighted by Gasteiger charge is 2.44. The van der Waals surface area contributed by atoms with Gasteiger partial charge in [0.25, 0.3) is 0 Å². The molecule has 9 atom stereocenters. The van der Waals surface area contributed by atoms with Crippen LogP contribution in [0.25, 0.3) is 0 Å². The van der Waals surface area contributed by atoms with Crippen LogP contribution in [-0.4, -0.2) is 110 Å². The molecule has 0 aliphatic carbocycles. The minimum Gasteiger partial charge on any atom is -0.394 e. The van der Waals surface area contributed by atoms with Gasteiger partial charge in [-0.1, -0.05) is 206 Å². The summed E-state index contributed by atoms with van der Waals surface area (Å²) in [7, 11) is 0. The van der Waals surface area contributed by atoms with Crippen LogP contribution in [0.4, 0.5) is 0 Å². The Morgan fingerprint density at radius 1 is 0.544 bits per heavy atom. The summed E-state index contributed by atoms with van der Waals surface area (Å²) in [5, 5.41) is 75.6. The van der Waals surface area contributed by atoms with Crippen LogP contribution in [0.15, 0.2) is 0 Å². The molecule has 11 heteroatoms. The quantitative estimate of drug-likeness (QED) is 0.0283. The van der Waals surface area contributed by atoms with Crippen molar-refractivity contribution in [2.45, 2.75) is 274 Å². The van der Waals surface area contributed by atoms with E-state index in [1.165, 1.54) is 141 Å². The molecule has 0 aromatic carbocycles. The van der Waals surface area contributed by atoms with Gasteiger partial charge in [0.05, 0.1) is 25.4 Å². The average molecular weight is 818 g/mol. The van der Waals surface area contributed by atoms with Crippen molar-refractivity contribution in [2.75, 3.05) is 13.2 Å². The van der Waals surface area contributed by atoms with Crippen LogP contribution in [0.5, 0.6) is 0 Å². The van der Waals surface area contributed by atoms with Gasteiger partial charge in [0.1, 0.15) is 36.6 Å². The summed E-state index contributed by atoms with van der Waals surface area (Å²) in [6.45, 7) is 3.45. The van der Waals surface area contributed by atoms with E-state index < -0.39 is 74.2 Å². The van der Waals surface area contributed by atoms with Crippen LogP contribution in [0, 0.1) is 0 Å². The molecule has 57 heavy (non-hydrogen) atoms. The predicted octanol–water partition coefficient (Wildman–Crippen LogP) is 7.89. The minimum absolute atomic E-state index is 0.266. The lowest BCUT2D eigenvalue weighted by Gasteiger charge is -2.40. The van der Waals surface area contributed by atoms with Gasteiger partial charge in [-0.2, -0.15) is 0 Å². The molecule has 11 nitrogen and oxygen atoms in total. The van der Waals surface area contributed by atoms with Crippen LogP contribution in [0.3, 0.4) is 0 Å². The highest BCUT2D eigenvalue weighted by atomic mass is 16.7. The second-order valence-corrected chi connectivity index (χ2v) is 17.2. The van der Waals surface area contributed by atoms with Gasteiger partial charge in [-0.25, -0.2) is 0 Å². The number of carbonyl (C=O) groups excluding carboxylic acids is 1. The van der Waals surface area contributed by atoms with E-state index in [2.05, 4.69) is 19.2 Å². The van der Waals surface area contributed by atoms with Crippen molar-refractivity contribution in [3.63, 3.8) is 0 Å². The number of unbranched alkanes of at least 4 members (excludes halogenated alkanes) is 28. The summed E-state index contributed by atoms with van der Waals surface area (Å²) in [6, 6.07) is -1.16. The van der Waals surface area contributed by atoms with E-state index in [1.807, 2.05) is 0 Å². The Hall–Kier alpha value is -0.890. The highest BCUT2D eigenvalue weighted by molar-refractivity contribution is 5.80. The third-order valence-electron chi connectivity index (χ3n) is 11.9. The molecular weight excluding hydrogens is 727 g/mol. The standard InChI is InChI=1S/C46H91NO10/c1-3-5-7-9-11-13-15-17-18-19-20-21-22-24-26-28-30-32-34-39(50)45(55)47-37(36-56-46-44(54)43(53)42(52)40(35-48)57-46)41(51)38(49)33-31-29-27-25-23-16-14-12-10-8-6-4-2/h37-44,46,48-54H,3-36H2,1-2H3,(H,47,55)/t37-,38+,39+,40+,41-,42-,43-,44+,46+/m0/s1. The summed E-state index contributed by atoms with van der Waals surface area (Å²) >= 11 is 0. The summed E-state index contributed by atoms with van der Waals surface area (Å²) < 4.78 is 11.1. The lowest BCUT2D eigenvalue weighted by molar-refractivity contribution is -0.303. The van der Waals surface area contributed by atoms with Crippen molar-refractivity contribution >= 4 is 5.91 Å². The van der Waals surface area contributed by atoms with E-state index in [0.717, 1.165) is 38.5 Å². The number of ether oxygens (including phenoxy) is 2. The molecule has 1 heterocycles. The number of hydrogen-bond donors (Lipinski definition) is 8. The Balaban J connectivity index is 2.41. The lowest BCUT2D eigenvalue weighted by atomic mass is 9.98. The number of aliphatic hydroxyl groups is 7. The monoisotopic (exact) mass is 818 g/mol. The number of carbonyl (C=O) groups is 1. The van der Waals surface area contributed by atoms with Gasteiger partial charge in [0.15, 0.2) is 6.29 Å². The van der Waals surface area contributed by atoms with Crippen molar-refractivity contribution in [1.29, 1.82) is 0 Å². The number of rotatable bonds is 40. The fourth-order valence-corrected chi connectivity index (χ4v) is 7.91.